The van der Waals surface area contributed by atoms with Crippen LogP contribution in [0.5, 0.6) is 0 Å². The first-order chi connectivity index (χ1) is 13.2. The number of aryl methyl sites for hydroxylation is 1. The molecular formula is C23H25N3O. The molecule has 0 atom stereocenters. The monoisotopic (exact) mass is 359 g/mol. The van der Waals surface area contributed by atoms with E-state index in [1.807, 2.05) is 61.5 Å². The fourth-order valence-electron chi connectivity index (χ4n) is 3.00. The van der Waals surface area contributed by atoms with Crippen LogP contribution in [0.15, 0.2) is 72.9 Å². The first-order valence-corrected chi connectivity index (χ1v) is 9.25. The first-order valence-electron chi connectivity index (χ1n) is 9.25. The Morgan fingerprint density at radius 2 is 1.78 bits per heavy atom. The maximum atomic E-state index is 12.6. The number of amides is 1. The van der Waals surface area contributed by atoms with Crippen LogP contribution in [0, 0.1) is 6.92 Å². The summed E-state index contributed by atoms with van der Waals surface area (Å²) in [6.07, 6.45) is 1.70. The highest BCUT2D eigenvalue weighted by molar-refractivity contribution is 5.93. The summed E-state index contributed by atoms with van der Waals surface area (Å²) in [5, 5.41) is 2.97. The zero-order chi connectivity index (χ0) is 19.1. The van der Waals surface area contributed by atoms with Crippen molar-refractivity contribution in [1.82, 2.24) is 10.3 Å². The van der Waals surface area contributed by atoms with Crippen LogP contribution in [-0.4, -0.2) is 17.4 Å². The Kier molecular flexibility index (Phi) is 6.21. The topological polar surface area (TPSA) is 45.2 Å². The molecule has 0 radical (unpaired) electrons. The Hall–Kier alpha value is -3.14. The smallest absolute Gasteiger partial charge is 0.270 e. The lowest BCUT2D eigenvalue weighted by Gasteiger charge is -2.23. The Balaban J connectivity index is 1.70. The van der Waals surface area contributed by atoms with Crippen molar-refractivity contribution in [3.05, 3.63) is 95.3 Å². The van der Waals surface area contributed by atoms with Crippen molar-refractivity contribution in [1.29, 1.82) is 0 Å². The molecule has 0 aliphatic carbocycles. The maximum Gasteiger partial charge on any atom is 0.270 e. The van der Waals surface area contributed by atoms with Gasteiger partial charge in [0.05, 0.1) is 0 Å². The predicted molar refractivity (Wildman–Crippen MR) is 110 cm³/mol. The van der Waals surface area contributed by atoms with Crippen molar-refractivity contribution in [2.45, 2.75) is 26.9 Å². The molecule has 0 saturated carbocycles. The lowest BCUT2D eigenvalue weighted by atomic mass is 10.1. The Morgan fingerprint density at radius 1 is 1.04 bits per heavy atom. The largest absolute Gasteiger partial charge is 0.367 e. The number of hydrogen-bond acceptors (Lipinski definition) is 3. The molecule has 138 valence electrons. The van der Waals surface area contributed by atoms with Gasteiger partial charge in [0.1, 0.15) is 5.69 Å². The van der Waals surface area contributed by atoms with Gasteiger partial charge < -0.3 is 10.2 Å². The molecule has 1 amide bonds. The number of carbonyl (C=O) groups is 1. The van der Waals surface area contributed by atoms with Gasteiger partial charge in [-0.05, 0) is 42.7 Å². The summed E-state index contributed by atoms with van der Waals surface area (Å²) in [5.41, 5.74) is 4.95. The van der Waals surface area contributed by atoms with E-state index >= 15 is 0 Å². The van der Waals surface area contributed by atoms with E-state index in [1.165, 1.54) is 11.1 Å². The summed E-state index contributed by atoms with van der Waals surface area (Å²) in [7, 11) is 0. The van der Waals surface area contributed by atoms with Crippen molar-refractivity contribution in [3.8, 4) is 0 Å². The number of carbonyl (C=O) groups excluding carboxylic acids is 1. The normalized spacial score (nSPS) is 10.4. The summed E-state index contributed by atoms with van der Waals surface area (Å²) in [6, 6.07) is 22.2. The van der Waals surface area contributed by atoms with Gasteiger partial charge in [-0.15, -0.1) is 0 Å². The average molecular weight is 359 g/mol. The summed E-state index contributed by atoms with van der Waals surface area (Å²) < 4.78 is 0. The van der Waals surface area contributed by atoms with E-state index in [2.05, 4.69) is 34.3 Å². The summed E-state index contributed by atoms with van der Waals surface area (Å²) in [4.78, 5) is 19.0. The molecule has 0 spiro atoms. The van der Waals surface area contributed by atoms with Crippen LogP contribution in [0.3, 0.4) is 0 Å². The molecule has 0 fully saturated rings. The fourth-order valence-corrected chi connectivity index (χ4v) is 3.00. The number of pyridine rings is 1. The molecule has 2 aromatic carbocycles. The van der Waals surface area contributed by atoms with Gasteiger partial charge in [-0.1, -0.05) is 54.6 Å². The van der Waals surface area contributed by atoms with E-state index in [0.29, 0.717) is 12.2 Å². The van der Waals surface area contributed by atoms with Crippen LogP contribution < -0.4 is 10.2 Å². The van der Waals surface area contributed by atoms with Gasteiger partial charge >= 0.3 is 0 Å². The Morgan fingerprint density at radius 3 is 2.52 bits per heavy atom. The van der Waals surface area contributed by atoms with E-state index in [0.717, 1.165) is 24.3 Å². The first kappa shape index (κ1) is 18.6. The maximum absolute atomic E-state index is 12.6. The lowest BCUT2D eigenvalue weighted by Crippen LogP contribution is -2.26. The van der Waals surface area contributed by atoms with Crippen LogP contribution in [0.1, 0.15) is 34.1 Å². The fraction of sp³-hybridized carbons (Fsp3) is 0.217. The lowest BCUT2D eigenvalue weighted by molar-refractivity contribution is 0.0946. The van der Waals surface area contributed by atoms with Crippen molar-refractivity contribution < 1.29 is 4.79 Å². The van der Waals surface area contributed by atoms with Crippen molar-refractivity contribution >= 4 is 11.6 Å². The van der Waals surface area contributed by atoms with Crippen molar-refractivity contribution in [2.24, 2.45) is 0 Å². The van der Waals surface area contributed by atoms with Gasteiger partial charge in [-0.25, -0.2) is 0 Å². The number of aromatic nitrogens is 1. The molecule has 27 heavy (non-hydrogen) atoms. The van der Waals surface area contributed by atoms with Gasteiger partial charge in [-0.3, -0.25) is 9.78 Å². The molecule has 1 heterocycles. The Labute approximate surface area is 160 Å². The molecule has 0 aliphatic heterocycles. The van der Waals surface area contributed by atoms with Crippen LogP contribution in [0.4, 0.5) is 5.69 Å². The van der Waals surface area contributed by atoms with E-state index in [9.17, 15) is 4.79 Å². The molecule has 0 unspecified atom stereocenters. The summed E-state index contributed by atoms with van der Waals surface area (Å²) >= 11 is 0. The molecule has 1 aromatic heterocycles. The number of anilines is 1. The molecule has 4 nitrogen and oxygen atoms in total. The van der Waals surface area contributed by atoms with Gasteiger partial charge in [0.15, 0.2) is 0 Å². The van der Waals surface area contributed by atoms with E-state index in [4.69, 9.17) is 0 Å². The number of nitrogens with one attached hydrogen (secondary N) is 1. The second-order valence-corrected chi connectivity index (χ2v) is 6.51. The average Bonchev–Trinajstić information content (AvgIpc) is 2.72. The standard InChI is InChI=1S/C23H25N3O/c1-3-26(17-19-10-5-4-6-11-19)21-13-14-24-22(15-21)23(27)25-16-20-12-8-7-9-18(20)2/h4-15H,3,16-17H2,1-2H3,(H,25,27). The SMILES string of the molecule is CCN(Cc1ccccc1)c1ccnc(C(=O)NCc2ccccc2C)c1. The van der Waals surface area contributed by atoms with Gasteiger partial charge in [0.25, 0.3) is 5.91 Å². The van der Waals surface area contributed by atoms with Crippen molar-refractivity contribution in [3.63, 3.8) is 0 Å². The molecule has 3 aromatic rings. The minimum Gasteiger partial charge on any atom is -0.367 e. The van der Waals surface area contributed by atoms with Gasteiger partial charge in [0.2, 0.25) is 0 Å². The van der Waals surface area contributed by atoms with Crippen LogP contribution in [-0.2, 0) is 13.1 Å². The van der Waals surface area contributed by atoms with E-state index < -0.39 is 0 Å². The molecule has 0 bridgehead atoms. The zero-order valence-electron chi connectivity index (χ0n) is 15.9. The Bertz CT molecular complexity index is 893. The van der Waals surface area contributed by atoms with Crippen molar-refractivity contribution in [2.75, 3.05) is 11.4 Å². The minimum atomic E-state index is -0.157. The number of rotatable bonds is 7. The third-order valence-corrected chi connectivity index (χ3v) is 4.64. The second kappa shape index (κ2) is 8.99. The second-order valence-electron chi connectivity index (χ2n) is 6.51. The van der Waals surface area contributed by atoms with Crippen LogP contribution in [0.2, 0.25) is 0 Å². The highest BCUT2D eigenvalue weighted by atomic mass is 16.1. The molecule has 4 heteroatoms. The molecule has 3 rings (SSSR count). The van der Waals surface area contributed by atoms with E-state index in [-0.39, 0.29) is 5.91 Å². The number of benzene rings is 2. The number of hydrogen-bond donors (Lipinski definition) is 1. The van der Waals surface area contributed by atoms with Crippen LogP contribution >= 0.6 is 0 Å². The number of nitrogens with zero attached hydrogens (tertiary/aromatic N) is 2. The molecule has 0 aliphatic rings. The van der Waals surface area contributed by atoms with Crippen LogP contribution in [0.25, 0.3) is 0 Å². The van der Waals surface area contributed by atoms with Gasteiger partial charge in [-0.2, -0.15) is 0 Å². The highest BCUT2D eigenvalue weighted by Gasteiger charge is 2.11. The van der Waals surface area contributed by atoms with E-state index in [1.54, 1.807) is 6.20 Å². The highest BCUT2D eigenvalue weighted by Crippen LogP contribution is 2.18. The third kappa shape index (κ3) is 4.94. The summed E-state index contributed by atoms with van der Waals surface area (Å²) in [5.74, 6) is -0.157. The quantitative estimate of drug-likeness (QED) is 0.682. The summed E-state index contributed by atoms with van der Waals surface area (Å²) in [6.45, 7) is 6.30. The predicted octanol–water partition coefficient (Wildman–Crippen LogP) is 4.35. The zero-order valence-corrected chi connectivity index (χ0v) is 15.9. The minimum absolute atomic E-state index is 0.157. The molecular weight excluding hydrogens is 334 g/mol. The van der Waals surface area contributed by atoms with Gasteiger partial charge in [0, 0.05) is 31.5 Å². The molecule has 0 saturated heterocycles. The third-order valence-electron chi connectivity index (χ3n) is 4.64. The molecule has 1 N–H and O–H groups in total.